The molecule has 1 fully saturated rings. The number of hydrogen-bond donors (Lipinski definition) is 1. The fraction of sp³-hybridized carbons (Fsp3) is 0.600. The van der Waals surface area contributed by atoms with E-state index in [4.69, 9.17) is 5.14 Å². The molecule has 1 aliphatic rings. The quantitative estimate of drug-likeness (QED) is 0.893. The number of nitrogens with zero attached hydrogens (tertiary/aromatic N) is 2. The molecule has 1 aromatic carbocycles. The van der Waals surface area contributed by atoms with Crippen molar-refractivity contribution in [3.8, 4) is 0 Å². The molecular formula is C15H25N3O2S. The average Bonchev–Trinajstić information content (AvgIpc) is 2.82. The first kappa shape index (κ1) is 16.4. The number of sulfonamides is 1. The molecule has 1 aliphatic heterocycles. The van der Waals surface area contributed by atoms with Gasteiger partial charge in [-0.2, -0.15) is 0 Å². The van der Waals surface area contributed by atoms with Gasteiger partial charge in [0.05, 0.1) is 4.90 Å². The van der Waals surface area contributed by atoms with Crippen LogP contribution in [-0.4, -0.2) is 51.4 Å². The van der Waals surface area contributed by atoms with E-state index in [0.29, 0.717) is 6.04 Å². The Bertz CT molecular complexity index is 588. The summed E-state index contributed by atoms with van der Waals surface area (Å²) in [5.41, 5.74) is 0.977. The summed E-state index contributed by atoms with van der Waals surface area (Å²) >= 11 is 0. The van der Waals surface area contributed by atoms with Crippen molar-refractivity contribution in [1.29, 1.82) is 0 Å². The Morgan fingerprint density at radius 3 is 2.76 bits per heavy atom. The van der Waals surface area contributed by atoms with Gasteiger partial charge in [-0.25, -0.2) is 13.6 Å². The number of likely N-dealkylation sites (tertiary alicyclic amines) is 1. The van der Waals surface area contributed by atoms with Gasteiger partial charge in [-0.05, 0) is 58.1 Å². The van der Waals surface area contributed by atoms with Crippen LogP contribution >= 0.6 is 0 Å². The van der Waals surface area contributed by atoms with Crippen LogP contribution in [0.2, 0.25) is 0 Å². The van der Waals surface area contributed by atoms with Crippen molar-refractivity contribution in [3.63, 3.8) is 0 Å². The van der Waals surface area contributed by atoms with Crippen molar-refractivity contribution >= 4 is 10.0 Å². The first-order valence-electron chi connectivity index (χ1n) is 7.32. The van der Waals surface area contributed by atoms with E-state index in [1.165, 1.54) is 18.9 Å². The largest absolute Gasteiger partial charge is 0.302 e. The zero-order valence-corrected chi connectivity index (χ0v) is 13.8. The Labute approximate surface area is 127 Å². The van der Waals surface area contributed by atoms with Crippen LogP contribution in [0.15, 0.2) is 29.2 Å². The normalized spacial score (nSPS) is 21.9. The third-order valence-corrected chi connectivity index (χ3v) is 5.41. The lowest BCUT2D eigenvalue weighted by atomic mass is 10.1. The molecule has 0 bridgehead atoms. The van der Waals surface area contributed by atoms with Crippen LogP contribution in [0.4, 0.5) is 0 Å². The Hall–Kier alpha value is -0.950. The lowest BCUT2D eigenvalue weighted by Crippen LogP contribution is -2.37. The highest BCUT2D eigenvalue weighted by molar-refractivity contribution is 7.89. The van der Waals surface area contributed by atoms with Crippen LogP contribution in [0.1, 0.15) is 31.4 Å². The SMILES string of the molecule is CC(c1cccc(S(N)(=O)=O)c1)N(C)C[C@H]1CCCN1C. The fourth-order valence-corrected chi connectivity index (χ4v) is 3.47. The minimum atomic E-state index is -3.64. The molecule has 0 radical (unpaired) electrons. The number of primary sulfonamides is 1. The van der Waals surface area contributed by atoms with E-state index in [1.54, 1.807) is 12.1 Å². The van der Waals surface area contributed by atoms with Crippen molar-refractivity contribution in [3.05, 3.63) is 29.8 Å². The summed E-state index contributed by atoms with van der Waals surface area (Å²) in [5, 5.41) is 5.20. The Balaban J connectivity index is 2.10. The molecule has 0 aliphatic carbocycles. The van der Waals surface area contributed by atoms with Crippen molar-refractivity contribution in [1.82, 2.24) is 9.80 Å². The molecular weight excluding hydrogens is 286 g/mol. The van der Waals surface area contributed by atoms with E-state index < -0.39 is 10.0 Å². The Kier molecular flexibility index (Phi) is 5.03. The first-order valence-corrected chi connectivity index (χ1v) is 8.87. The smallest absolute Gasteiger partial charge is 0.238 e. The predicted molar refractivity (Wildman–Crippen MR) is 84.5 cm³/mol. The molecule has 21 heavy (non-hydrogen) atoms. The van der Waals surface area contributed by atoms with Crippen LogP contribution in [0.25, 0.3) is 0 Å². The number of likely N-dealkylation sites (N-methyl/N-ethyl adjacent to an activating group) is 2. The van der Waals surface area contributed by atoms with Crippen LogP contribution in [-0.2, 0) is 10.0 Å². The van der Waals surface area contributed by atoms with E-state index >= 15 is 0 Å². The van der Waals surface area contributed by atoms with Gasteiger partial charge in [-0.1, -0.05) is 12.1 Å². The Morgan fingerprint density at radius 2 is 2.19 bits per heavy atom. The van der Waals surface area contributed by atoms with Gasteiger partial charge in [0.25, 0.3) is 0 Å². The van der Waals surface area contributed by atoms with E-state index in [9.17, 15) is 8.42 Å². The number of benzene rings is 1. The van der Waals surface area contributed by atoms with Crippen LogP contribution in [0.5, 0.6) is 0 Å². The van der Waals surface area contributed by atoms with Gasteiger partial charge in [0.15, 0.2) is 0 Å². The lowest BCUT2D eigenvalue weighted by Gasteiger charge is -2.30. The standard InChI is InChI=1S/C15H25N3O2S/c1-12(18(3)11-14-7-5-9-17(14)2)13-6-4-8-15(10-13)21(16,19)20/h4,6,8,10,12,14H,5,7,9,11H2,1-3H3,(H2,16,19,20)/t12?,14-/m1/s1. The number of hydrogen-bond acceptors (Lipinski definition) is 4. The highest BCUT2D eigenvalue weighted by Crippen LogP contribution is 2.24. The highest BCUT2D eigenvalue weighted by atomic mass is 32.2. The predicted octanol–water partition coefficient (Wildman–Crippen LogP) is 1.42. The molecule has 0 spiro atoms. The second-order valence-corrected chi connectivity index (χ2v) is 7.57. The van der Waals surface area contributed by atoms with Crippen molar-refractivity contribution in [2.45, 2.75) is 36.7 Å². The maximum atomic E-state index is 11.5. The highest BCUT2D eigenvalue weighted by Gasteiger charge is 2.24. The van der Waals surface area contributed by atoms with Gasteiger partial charge < -0.3 is 4.90 Å². The van der Waals surface area contributed by atoms with E-state index in [0.717, 1.165) is 18.7 Å². The first-order chi connectivity index (χ1) is 9.79. The van der Waals surface area contributed by atoms with Crippen molar-refractivity contribution in [2.75, 3.05) is 27.2 Å². The molecule has 0 saturated carbocycles. The molecule has 1 saturated heterocycles. The molecule has 1 heterocycles. The second-order valence-electron chi connectivity index (χ2n) is 6.01. The van der Waals surface area contributed by atoms with Gasteiger partial charge in [0.1, 0.15) is 0 Å². The van der Waals surface area contributed by atoms with E-state index in [2.05, 4.69) is 30.8 Å². The molecule has 5 nitrogen and oxygen atoms in total. The monoisotopic (exact) mass is 311 g/mol. The van der Waals surface area contributed by atoms with Gasteiger partial charge in [0.2, 0.25) is 10.0 Å². The molecule has 6 heteroatoms. The summed E-state index contributed by atoms with van der Waals surface area (Å²) in [6, 6.07) is 7.65. The van der Waals surface area contributed by atoms with Crippen LogP contribution in [0.3, 0.4) is 0 Å². The van der Waals surface area contributed by atoms with Gasteiger partial charge >= 0.3 is 0 Å². The van der Waals surface area contributed by atoms with E-state index in [-0.39, 0.29) is 10.9 Å². The lowest BCUT2D eigenvalue weighted by molar-refractivity contribution is 0.185. The van der Waals surface area contributed by atoms with Crippen LogP contribution in [0, 0.1) is 0 Å². The molecule has 1 aromatic rings. The molecule has 1 unspecified atom stereocenters. The zero-order chi connectivity index (χ0) is 15.6. The van der Waals surface area contributed by atoms with Gasteiger partial charge in [-0.3, -0.25) is 4.90 Å². The summed E-state index contributed by atoms with van der Waals surface area (Å²) in [6.07, 6.45) is 2.48. The summed E-state index contributed by atoms with van der Waals surface area (Å²) in [5.74, 6) is 0. The maximum Gasteiger partial charge on any atom is 0.238 e. The molecule has 118 valence electrons. The fourth-order valence-electron chi connectivity index (χ4n) is 2.91. The van der Waals surface area contributed by atoms with Crippen molar-refractivity contribution in [2.24, 2.45) is 5.14 Å². The summed E-state index contributed by atoms with van der Waals surface area (Å²) in [6.45, 7) is 4.24. The topological polar surface area (TPSA) is 66.6 Å². The van der Waals surface area contributed by atoms with Gasteiger partial charge in [0, 0.05) is 18.6 Å². The molecule has 2 atom stereocenters. The summed E-state index contributed by atoms with van der Waals surface area (Å²) < 4.78 is 22.9. The molecule has 2 N–H and O–H groups in total. The molecule has 0 amide bonds. The molecule has 2 rings (SSSR count). The van der Waals surface area contributed by atoms with Gasteiger partial charge in [-0.15, -0.1) is 0 Å². The van der Waals surface area contributed by atoms with Crippen molar-refractivity contribution < 1.29 is 8.42 Å². The third-order valence-electron chi connectivity index (χ3n) is 4.50. The van der Waals surface area contributed by atoms with Crippen LogP contribution < -0.4 is 5.14 Å². The number of nitrogens with two attached hydrogens (primary N) is 1. The second kappa shape index (κ2) is 6.44. The minimum absolute atomic E-state index is 0.153. The Morgan fingerprint density at radius 1 is 1.48 bits per heavy atom. The van der Waals surface area contributed by atoms with E-state index in [1.807, 2.05) is 6.07 Å². The third kappa shape index (κ3) is 4.03. The molecule has 0 aromatic heterocycles. The zero-order valence-electron chi connectivity index (χ0n) is 13.0. The summed E-state index contributed by atoms with van der Waals surface area (Å²) in [4.78, 5) is 4.84. The maximum absolute atomic E-state index is 11.5. The minimum Gasteiger partial charge on any atom is -0.302 e. The summed E-state index contributed by atoms with van der Waals surface area (Å²) in [7, 11) is 0.606. The average molecular weight is 311 g/mol. The number of rotatable bonds is 5.